The van der Waals surface area contributed by atoms with Gasteiger partial charge in [-0.25, -0.2) is 14.6 Å². The van der Waals surface area contributed by atoms with Gasteiger partial charge in [0.05, 0.1) is 0 Å². The van der Waals surface area contributed by atoms with Crippen molar-refractivity contribution in [1.82, 2.24) is 19.7 Å². The molecule has 4 heteroatoms. The van der Waals surface area contributed by atoms with Gasteiger partial charge in [-0.3, -0.25) is 0 Å². The molecule has 0 saturated heterocycles. The van der Waals surface area contributed by atoms with Crippen molar-refractivity contribution < 1.29 is 0 Å². The molecule has 4 nitrogen and oxygen atoms in total. The minimum Gasteiger partial charge on any atom is -0.219 e. The van der Waals surface area contributed by atoms with Crippen molar-refractivity contribution in [1.29, 1.82) is 0 Å². The molecule has 0 spiro atoms. The molecule has 0 amide bonds. The van der Waals surface area contributed by atoms with Crippen LogP contribution in [0.25, 0.3) is 5.95 Å². The van der Waals surface area contributed by atoms with Crippen molar-refractivity contribution in [3.63, 3.8) is 0 Å². The summed E-state index contributed by atoms with van der Waals surface area (Å²) in [7, 11) is 0. The fraction of sp³-hybridized carbons (Fsp3) is 0.364. The van der Waals surface area contributed by atoms with E-state index in [1.165, 1.54) is 0 Å². The topological polar surface area (TPSA) is 43.6 Å². The number of nitrogens with zero attached hydrogens (tertiary/aromatic N) is 4. The predicted molar refractivity (Wildman–Crippen MR) is 59.9 cm³/mol. The van der Waals surface area contributed by atoms with Gasteiger partial charge < -0.3 is 0 Å². The second kappa shape index (κ2) is 5.90. The molecule has 0 bridgehead atoms. The fourth-order valence-electron chi connectivity index (χ4n) is 1.04. The summed E-state index contributed by atoms with van der Waals surface area (Å²) >= 11 is 0. The van der Waals surface area contributed by atoms with E-state index in [4.69, 9.17) is 0 Å². The molecule has 2 rings (SSSR count). The molecule has 2 aromatic rings. The van der Waals surface area contributed by atoms with Crippen LogP contribution in [0, 0.1) is 0 Å². The molecule has 0 fully saturated rings. The third-order valence-electron chi connectivity index (χ3n) is 1.81. The normalized spacial score (nSPS) is 9.27. The van der Waals surface area contributed by atoms with Crippen LogP contribution in [0.1, 0.15) is 26.3 Å². The highest BCUT2D eigenvalue weighted by molar-refractivity contribution is 5.13. The molecule has 15 heavy (non-hydrogen) atoms. The highest BCUT2D eigenvalue weighted by Crippen LogP contribution is 2.00. The average molecular weight is 204 g/mol. The van der Waals surface area contributed by atoms with E-state index in [0.717, 1.165) is 12.0 Å². The van der Waals surface area contributed by atoms with E-state index in [9.17, 15) is 0 Å². The number of hydrogen-bond donors (Lipinski definition) is 0. The first kappa shape index (κ1) is 11.4. The summed E-state index contributed by atoms with van der Waals surface area (Å²) in [5, 5.41) is 4.03. The SMILES string of the molecule is CC.CCc1cnc(-n2cccn2)nc1. The van der Waals surface area contributed by atoms with Gasteiger partial charge >= 0.3 is 0 Å². The largest absolute Gasteiger partial charge is 0.250 e. The molecule has 0 N–H and O–H groups in total. The lowest BCUT2D eigenvalue weighted by molar-refractivity contribution is 0.802. The molecule has 2 aromatic heterocycles. The molecule has 0 saturated carbocycles. The highest BCUT2D eigenvalue weighted by Gasteiger charge is 1.97. The van der Waals surface area contributed by atoms with E-state index >= 15 is 0 Å². The second-order valence-electron chi connectivity index (χ2n) is 2.70. The monoisotopic (exact) mass is 204 g/mol. The minimum absolute atomic E-state index is 0.613. The van der Waals surface area contributed by atoms with Crippen LogP contribution < -0.4 is 0 Å². The molecule has 2 heterocycles. The molecular formula is C11H16N4. The first-order valence-corrected chi connectivity index (χ1v) is 5.21. The van der Waals surface area contributed by atoms with Crippen molar-refractivity contribution >= 4 is 0 Å². The Morgan fingerprint density at radius 1 is 1.20 bits per heavy atom. The predicted octanol–water partition coefficient (Wildman–Crippen LogP) is 2.25. The van der Waals surface area contributed by atoms with E-state index in [1.54, 1.807) is 10.9 Å². The lowest BCUT2D eigenvalue weighted by Gasteiger charge is -1.99. The van der Waals surface area contributed by atoms with Gasteiger partial charge in [-0.2, -0.15) is 5.10 Å². The molecule has 0 aliphatic rings. The van der Waals surface area contributed by atoms with Crippen molar-refractivity contribution in [2.45, 2.75) is 27.2 Å². The molecule has 0 unspecified atom stereocenters. The number of rotatable bonds is 2. The maximum absolute atomic E-state index is 4.18. The van der Waals surface area contributed by atoms with Crippen LogP contribution in [0.5, 0.6) is 0 Å². The molecular weight excluding hydrogens is 188 g/mol. The van der Waals surface area contributed by atoms with Gasteiger partial charge in [0.15, 0.2) is 0 Å². The minimum atomic E-state index is 0.613. The summed E-state index contributed by atoms with van der Waals surface area (Å²) in [6, 6.07) is 1.84. The molecule has 0 aliphatic heterocycles. The molecule has 0 aliphatic carbocycles. The third kappa shape index (κ3) is 2.87. The quantitative estimate of drug-likeness (QED) is 0.753. The van der Waals surface area contributed by atoms with E-state index in [-0.39, 0.29) is 0 Å². The van der Waals surface area contributed by atoms with E-state index in [0.29, 0.717) is 5.95 Å². The maximum Gasteiger partial charge on any atom is 0.250 e. The van der Waals surface area contributed by atoms with Crippen LogP contribution in [0.4, 0.5) is 0 Å². The summed E-state index contributed by atoms with van der Waals surface area (Å²) in [4.78, 5) is 8.36. The van der Waals surface area contributed by atoms with Gasteiger partial charge in [-0.05, 0) is 18.1 Å². The Morgan fingerprint density at radius 2 is 1.87 bits per heavy atom. The first-order chi connectivity index (χ1) is 7.40. The van der Waals surface area contributed by atoms with Gasteiger partial charge in [0, 0.05) is 24.8 Å². The van der Waals surface area contributed by atoms with Crippen LogP contribution in [0.3, 0.4) is 0 Å². The van der Waals surface area contributed by atoms with Crippen LogP contribution in [-0.2, 0) is 6.42 Å². The lowest BCUT2D eigenvalue weighted by atomic mass is 10.3. The number of aromatic nitrogens is 4. The fourth-order valence-corrected chi connectivity index (χ4v) is 1.04. The zero-order valence-electron chi connectivity index (χ0n) is 9.38. The van der Waals surface area contributed by atoms with Gasteiger partial charge in [-0.1, -0.05) is 20.8 Å². The maximum atomic E-state index is 4.18. The van der Waals surface area contributed by atoms with E-state index < -0.39 is 0 Å². The molecule has 80 valence electrons. The highest BCUT2D eigenvalue weighted by atomic mass is 15.3. The van der Waals surface area contributed by atoms with Gasteiger partial charge in [0.1, 0.15) is 0 Å². The number of hydrogen-bond acceptors (Lipinski definition) is 3. The Balaban J connectivity index is 0.000000531. The smallest absolute Gasteiger partial charge is 0.219 e. The summed E-state index contributed by atoms with van der Waals surface area (Å²) in [5.41, 5.74) is 1.14. The lowest BCUT2D eigenvalue weighted by Crippen LogP contribution is -2.01. The summed E-state index contributed by atoms with van der Waals surface area (Å²) < 4.78 is 1.64. The van der Waals surface area contributed by atoms with Crippen LogP contribution in [-0.4, -0.2) is 19.7 Å². The Bertz CT molecular complexity index is 364. The Hall–Kier alpha value is -1.71. The molecule has 0 aromatic carbocycles. The second-order valence-corrected chi connectivity index (χ2v) is 2.70. The molecule has 0 atom stereocenters. The van der Waals surface area contributed by atoms with Crippen LogP contribution in [0.2, 0.25) is 0 Å². The van der Waals surface area contributed by atoms with Crippen molar-refractivity contribution in [3.8, 4) is 5.95 Å². The van der Waals surface area contributed by atoms with Crippen molar-refractivity contribution in [2.75, 3.05) is 0 Å². The number of aryl methyl sites for hydroxylation is 1. The van der Waals surface area contributed by atoms with Crippen molar-refractivity contribution in [3.05, 3.63) is 36.4 Å². The van der Waals surface area contributed by atoms with E-state index in [1.807, 2.05) is 38.5 Å². The van der Waals surface area contributed by atoms with E-state index in [2.05, 4.69) is 22.0 Å². The Morgan fingerprint density at radius 3 is 2.33 bits per heavy atom. The average Bonchev–Trinajstić information content (AvgIpc) is 2.85. The van der Waals surface area contributed by atoms with Gasteiger partial charge in [0.25, 0.3) is 0 Å². The first-order valence-electron chi connectivity index (χ1n) is 5.21. The Kier molecular flexibility index (Phi) is 4.47. The van der Waals surface area contributed by atoms with Crippen molar-refractivity contribution in [2.24, 2.45) is 0 Å². The zero-order valence-corrected chi connectivity index (χ0v) is 9.38. The third-order valence-corrected chi connectivity index (χ3v) is 1.81. The summed E-state index contributed by atoms with van der Waals surface area (Å²) in [5.74, 6) is 0.613. The zero-order chi connectivity index (χ0) is 11.1. The van der Waals surface area contributed by atoms with Gasteiger partial charge in [-0.15, -0.1) is 0 Å². The Labute approximate surface area is 90.0 Å². The van der Waals surface area contributed by atoms with Crippen LogP contribution >= 0.6 is 0 Å². The standard InChI is InChI=1S/C9H10N4.C2H6/c1-2-8-6-10-9(11-7-8)13-5-3-4-12-13;1-2/h3-7H,2H2,1H3;1-2H3. The van der Waals surface area contributed by atoms with Crippen LogP contribution in [0.15, 0.2) is 30.9 Å². The summed E-state index contributed by atoms with van der Waals surface area (Å²) in [6.07, 6.45) is 8.13. The van der Waals surface area contributed by atoms with Gasteiger partial charge in [0.2, 0.25) is 5.95 Å². The summed E-state index contributed by atoms with van der Waals surface area (Å²) in [6.45, 7) is 6.08. The molecule has 0 radical (unpaired) electrons.